The Morgan fingerprint density at radius 1 is 1.23 bits per heavy atom. The lowest BCUT2D eigenvalue weighted by Gasteiger charge is -2.09. The third-order valence-corrected chi connectivity index (χ3v) is 4.58. The molecule has 0 spiro atoms. The molecule has 2 aromatic carbocycles. The third kappa shape index (κ3) is 4.99. The van der Waals surface area contributed by atoms with Crippen molar-refractivity contribution in [3.63, 3.8) is 0 Å². The number of nitrogens with zero attached hydrogens (tertiary/aromatic N) is 1. The van der Waals surface area contributed by atoms with Crippen molar-refractivity contribution in [1.29, 1.82) is 0 Å². The van der Waals surface area contributed by atoms with Gasteiger partial charge in [-0.15, -0.1) is 0 Å². The van der Waals surface area contributed by atoms with Crippen molar-refractivity contribution in [3.8, 4) is 0 Å². The van der Waals surface area contributed by atoms with Gasteiger partial charge in [0.2, 0.25) is 5.91 Å². The van der Waals surface area contributed by atoms with E-state index in [9.17, 15) is 27.7 Å². The van der Waals surface area contributed by atoms with Gasteiger partial charge in [0.1, 0.15) is 11.5 Å². The van der Waals surface area contributed by atoms with Crippen LogP contribution in [0.2, 0.25) is 0 Å². The van der Waals surface area contributed by atoms with Gasteiger partial charge in [0.25, 0.3) is 5.69 Å². The molecule has 0 aliphatic heterocycles. The van der Waals surface area contributed by atoms with E-state index in [2.05, 4.69) is 10.6 Å². The molecule has 0 fully saturated rings. The van der Waals surface area contributed by atoms with Gasteiger partial charge in [-0.25, -0.2) is 12.8 Å². The van der Waals surface area contributed by atoms with Crippen LogP contribution in [0.5, 0.6) is 0 Å². The van der Waals surface area contributed by atoms with Gasteiger partial charge in [0.15, 0.2) is 9.84 Å². The van der Waals surface area contributed by atoms with Crippen LogP contribution >= 0.6 is 0 Å². The fraction of sp³-hybridized carbons (Fsp3) is 0.188. The first kappa shape index (κ1) is 19.3. The highest BCUT2D eigenvalue weighted by atomic mass is 32.2. The second-order valence-corrected chi connectivity index (χ2v) is 7.45. The molecule has 0 radical (unpaired) electrons. The summed E-state index contributed by atoms with van der Waals surface area (Å²) in [6.45, 7) is -0.324. The molecule has 0 aromatic heterocycles. The normalized spacial score (nSPS) is 11.0. The fourth-order valence-corrected chi connectivity index (χ4v) is 2.76. The molecule has 0 bridgehead atoms. The van der Waals surface area contributed by atoms with E-state index in [0.717, 1.165) is 12.3 Å². The van der Waals surface area contributed by atoms with Crippen molar-refractivity contribution in [3.05, 3.63) is 64.0 Å². The van der Waals surface area contributed by atoms with E-state index < -0.39 is 32.2 Å². The van der Waals surface area contributed by atoms with Gasteiger partial charge in [0, 0.05) is 24.4 Å². The van der Waals surface area contributed by atoms with Gasteiger partial charge < -0.3 is 10.6 Å². The first-order valence-corrected chi connectivity index (χ1v) is 9.30. The summed E-state index contributed by atoms with van der Waals surface area (Å²) in [7, 11) is -3.60. The number of anilines is 1. The van der Waals surface area contributed by atoms with E-state index in [-0.39, 0.29) is 23.7 Å². The van der Waals surface area contributed by atoms with Crippen LogP contribution in [0.25, 0.3) is 0 Å². The SMILES string of the molecule is CS(=O)(=O)c1ccc(NCC(=O)NCc2ccccc2F)c([N+](=O)[O-])c1. The van der Waals surface area contributed by atoms with Crippen LogP contribution < -0.4 is 10.6 Å². The molecule has 0 heterocycles. The highest BCUT2D eigenvalue weighted by molar-refractivity contribution is 7.90. The molecule has 0 unspecified atom stereocenters. The van der Waals surface area contributed by atoms with E-state index in [1.165, 1.54) is 30.3 Å². The Hall–Kier alpha value is -3.01. The Bertz CT molecular complexity index is 947. The van der Waals surface area contributed by atoms with Crippen molar-refractivity contribution < 1.29 is 22.5 Å². The maximum absolute atomic E-state index is 13.5. The predicted molar refractivity (Wildman–Crippen MR) is 92.9 cm³/mol. The molecule has 1 amide bonds. The van der Waals surface area contributed by atoms with E-state index in [4.69, 9.17) is 0 Å². The Labute approximate surface area is 149 Å². The Kier molecular flexibility index (Phi) is 5.88. The molecule has 0 saturated carbocycles. The quantitative estimate of drug-likeness (QED) is 0.558. The number of nitro groups is 1. The minimum absolute atomic E-state index is 0.00319. The standard InChI is InChI=1S/C16H16FN3O5S/c1-26(24,25)12-6-7-14(15(8-12)20(22)23)18-10-16(21)19-9-11-4-2-3-5-13(11)17/h2-8,18H,9-10H2,1H3,(H,19,21). The lowest BCUT2D eigenvalue weighted by Crippen LogP contribution is -2.29. The summed E-state index contributed by atoms with van der Waals surface area (Å²) >= 11 is 0. The number of amides is 1. The molecule has 138 valence electrons. The van der Waals surface area contributed by atoms with E-state index in [0.29, 0.717) is 5.56 Å². The summed E-state index contributed by atoms with van der Waals surface area (Å²) in [5, 5.41) is 16.2. The van der Waals surface area contributed by atoms with Crippen molar-refractivity contribution in [2.24, 2.45) is 0 Å². The molecule has 8 nitrogen and oxygen atoms in total. The predicted octanol–water partition coefficient (Wildman–Crippen LogP) is 1.87. The molecular formula is C16H16FN3O5S. The minimum Gasteiger partial charge on any atom is -0.371 e. The van der Waals surface area contributed by atoms with Crippen LogP contribution in [0.15, 0.2) is 47.4 Å². The smallest absolute Gasteiger partial charge is 0.293 e. The van der Waals surface area contributed by atoms with Gasteiger partial charge in [-0.05, 0) is 18.2 Å². The summed E-state index contributed by atoms with van der Waals surface area (Å²) in [5.41, 5.74) is -0.150. The molecule has 26 heavy (non-hydrogen) atoms. The molecule has 0 aliphatic carbocycles. The molecule has 0 aliphatic rings. The summed E-state index contributed by atoms with van der Waals surface area (Å²) in [6, 6.07) is 9.32. The zero-order chi connectivity index (χ0) is 19.3. The van der Waals surface area contributed by atoms with Crippen LogP contribution in [-0.4, -0.2) is 32.0 Å². The number of sulfone groups is 1. The molecule has 2 aromatic rings. The van der Waals surface area contributed by atoms with Crippen molar-refractivity contribution in [1.82, 2.24) is 5.32 Å². The third-order valence-electron chi connectivity index (χ3n) is 3.47. The molecule has 0 saturated heterocycles. The van der Waals surface area contributed by atoms with Gasteiger partial charge in [0.05, 0.1) is 16.4 Å². The molecule has 10 heteroatoms. The number of halogens is 1. The Morgan fingerprint density at radius 3 is 2.54 bits per heavy atom. The number of carbonyl (C=O) groups is 1. The van der Waals surface area contributed by atoms with Crippen molar-refractivity contribution >= 4 is 27.1 Å². The molecule has 2 N–H and O–H groups in total. The number of benzene rings is 2. The summed E-state index contributed by atoms with van der Waals surface area (Å²) in [6.07, 6.45) is 0.940. The Morgan fingerprint density at radius 2 is 1.92 bits per heavy atom. The number of nitrogens with one attached hydrogen (secondary N) is 2. The molecular weight excluding hydrogens is 365 g/mol. The number of carbonyl (C=O) groups excluding carboxylic acids is 1. The summed E-state index contributed by atoms with van der Waals surface area (Å²) in [4.78, 5) is 22.0. The lowest BCUT2D eigenvalue weighted by molar-refractivity contribution is -0.384. The number of hydrogen-bond donors (Lipinski definition) is 2. The maximum Gasteiger partial charge on any atom is 0.293 e. The van der Waals surface area contributed by atoms with Crippen molar-refractivity contribution in [2.45, 2.75) is 11.4 Å². The average Bonchev–Trinajstić information content (AvgIpc) is 2.58. The van der Waals surface area contributed by atoms with Crippen molar-refractivity contribution in [2.75, 3.05) is 18.1 Å². The average molecular weight is 381 g/mol. The second-order valence-electron chi connectivity index (χ2n) is 5.43. The number of rotatable bonds is 7. The number of nitro benzene ring substituents is 1. The molecule has 0 atom stereocenters. The zero-order valence-electron chi connectivity index (χ0n) is 13.7. The minimum atomic E-state index is -3.60. The van der Waals surface area contributed by atoms with Gasteiger partial charge >= 0.3 is 0 Å². The highest BCUT2D eigenvalue weighted by Crippen LogP contribution is 2.27. The van der Waals surface area contributed by atoms with Gasteiger partial charge in [-0.1, -0.05) is 18.2 Å². The van der Waals surface area contributed by atoms with Gasteiger partial charge in [-0.3, -0.25) is 14.9 Å². The molecule has 2 rings (SSSR count). The first-order valence-electron chi connectivity index (χ1n) is 7.41. The van der Waals surface area contributed by atoms with E-state index in [1.807, 2.05) is 0 Å². The van der Waals surface area contributed by atoms with Crippen LogP contribution in [0.4, 0.5) is 15.8 Å². The topological polar surface area (TPSA) is 118 Å². The monoisotopic (exact) mass is 381 g/mol. The van der Waals surface area contributed by atoms with Crippen LogP contribution in [0.1, 0.15) is 5.56 Å². The van der Waals surface area contributed by atoms with Crippen LogP contribution in [-0.2, 0) is 21.2 Å². The number of hydrogen-bond acceptors (Lipinski definition) is 6. The fourth-order valence-electron chi connectivity index (χ4n) is 2.12. The summed E-state index contributed by atoms with van der Waals surface area (Å²) in [5.74, 6) is -0.956. The van der Waals surface area contributed by atoms with Crippen LogP contribution in [0, 0.1) is 15.9 Å². The largest absolute Gasteiger partial charge is 0.371 e. The van der Waals surface area contributed by atoms with E-state index >= 15 is 0 Å². The summed E-state index contributed by atoms with van der Waals surface area (Å²) < 4.78 is 36.5. The highest BCUT2D eigenvalue weighted by Gasteiger charge is 2.19. The van der Waals surface area contributed by atoms with Gasteiger partial charge in [-0.2, -0.15) is 0 Å². The maximum atomic E-state index is 13.5. The van der Waals surface area contributed by atoms with Crippen LogP contribution in [0.3, 0.4) is 0 Å². The Balaban J connectivity index is 2.03. The van der Waals surface area contributed by atoms with E-state index in [1.54, 1.807) is 6.07 Å². The lowest BCUT2D eigenvalue weighted by atomic mass is 10.2. The first-order chi connectivity index (χ1) is 12.2. The zero-order valence-corrected chi connectivity index (χ0v) is 14.5. The second kappa shape index (κ2) is 7.91.